The van der Waals surface area contributed by atoms with E-state index < -0.39 is 27.5 Å². The van der Waals surface area contributed by atoms with Gasteiger partial charge in [-0.15, -0.1) is 0 Å². The molecular weight excluding hydrogens is 315 g/mol. The fourth-order valence-corrected chi connectivity index (χ4v) is 2.06. The minimum atomic E-state index is -5.70. The molecule has 0 radical (unpaired) electrons. The number of carbonyl (C=O) groups excluding carboxylic acids is 1. The summed E-state index contributed by atoms with van der Waals surface area (Å²) in [6.45, 7) is 0.897. The lowest BCUT2D eigenvalue weighted by molar-refractivity contribution is -0.116. The van der Waals surface area contributed by atoms with Crippen LogP contribution in [0.2, 0.25) is 0 Å². The van der Waals surface area contributed by atoms with Gasteiger partial charge in [0, 0.05) is 12.0 Å². The third kappa shape index (κ3) is 4.29. The Kier molecular flexibility index (Phi) is 4.40. The van der Waals surface area contributed by atoms with Crippen LogP contribution in [0.4, 0.5) is 13.2 Å². The Bertz CT molecular complexity index is 577. The maximum atomic E-state index is 12.2. The largest absolute Gasteiger partial charge is 0.516 e. The summed E-state index contributed by atoms with van der Waals surface area (Å²) in [5.41, 5.74) is -5.64. The Morgan fingerprint density at radius 1 is 1.48 bits per heavy atom. The van der Waals surface area contributed by atoms with Crippen LogP contribution in [-0.2, 0) is 24.3 Å². The number of rotatable bonds is 5. The lowest BCUT2D eigenvalue weighted by Crippen LogP contribution is -2.41. The smallest absolute Gasteiger partial charge is 0.371 e. The Hall–Kier alpha value is -1.39. The Morgan fingerprint density at radius 3 is 2.71 bits per heavy atom. The van der Waals surface area contributed by atoms with Crippen molar-refractivity contribution in [3.8, 4) is 0 Å². The second kappa shape index (κ2) is 5.78. The average molecular weight is 327 g/mol. The molecule has 2 atom stereocenters. The van der Waals surface area contributed by atoms with Crippen molar-refractivity contribution in [2.45, 2.75) is 24.1 Å². The van der Waals surface area contributed by atoms with Crippen LogP contribution in [0, 0.1) is 0 Å². The van der Waals surface area contributed by atoms with E-state index in [1.807, 2.05) is 0 Å². The molecule has 118 valence electrons. The zero-order valence-corrected chi connectivity index (χ0v) is 11.4. The van der Waals surface area contributed by atoms with Crippen molar-refractivity contribution in [1.82, 2.24) is 4.72 Å². The molecule has 1 N–H and O–H groups in total. The number of ether oxygens (including phenoxy) is 2. The molecule has 0 aromatic heterocycles. The summed E-state index contributed by atoms with van der Waals surface area (Å²) in [6.07, 6.45) is 3.78. The maximum absolute atomic E-state index is 12.2. The maximum Gasteiger partial charge on any atom is 0.516 e. The number of sulfonamides is 1. The van der Waals surface area contributed by atoms with Crippen molar-refractivity contribution >= 4 is 15.9 Å². The summed E-state index contributed by atoms with van der Waals surface area (Å²) in [7, 11) is -5.70. The molecule has 0 spiro atoms. The van der Waals surface area contributed by atoms with Gasteiger partial charge >= 0.3 is 15.5 Å². The van der Waals surface area contributed by atoms with Crippen LogP contribution < -0.4 is 4.72 Å². The molecule has 1 amide bonds. The van der Waals surface area contributed by atoms with Gasteiger partial charge in [0.25, 0.3) is 5.91 Å². The van der Waals surface area contributed by atoms with Crippen LogP contribution in [0.3, 0.4) is 0 Å². The summed E-state index contributed by atoms with van der Waals surface area (Å²) in [6, 6.07) is 0. The van der Waals surface area contributed by atoms with E-state index in [2.05, 4.69) is 0 Å². The highest BCUT2D eigenvalue weighted by Gasteiger charge is 2.47. The quantitative estimate of drug-likeness (QED) is 0.749. The van der Waals surface area contributed by atoms with E-state index in [-0.39, 0.29) is 18.1 Å². The van der Waals surface area contributed by atoms with Crippen molar-refractivity contribution in [3.63, 3.8) is 0 Å². The average Bonchev–Trinajstić information content (AvgIpc) is 3.19. The lowest BCUT2D eigenvalue weighted by Gasteiger charge is -2.18. The van der Waals surface area contributed by atoms with Crippen LogP contribution in [-0.4, -0.2) is 45.3 Å². The highest BCUT2D eigenvalue weighted by Crippen LogP contribution is 2.23. The van der Waals surface area contributed by atoms with Crippen LogP contribution in [0.15, 0.2) is 23.8 Å². The van der Waals surface area contributed by atoms with E-state index in [4.69, 9.17) is 9.47 Å². The fourth-order valence-electron chi connectivity index (χ4n) is 1.57. The van der Waals surface area contributed by atoms with Gasteiger partial charge in [0.2, 0.25) is 0 Å². The SMILES string of the molecule is O=C(NS(=O)(=O)C(F)(F)F)C1=CC=CC(OCC2CO2)C1. The molecule has 1 aliphatic heterocycles. The van der Waals surface area contributed by atoms with Crippen LogP contribution >= 0.6 is 0 Å². The molecule has 1 fully saturated rings. The molecule has 21 heavy (non-hydrogen) atoms. The van der Waals surface area contributed by atoms with Gasteiger partial charge in [0.15, 0.2) is 0 Å². The van der Waals surface area contributed by atoms with Crippen molar-refractivity contribution in [2.24, 2.45) is 0 Å². The van der Waals surface area contributed by atoms with Crippen LogP contribution in [0.1, 0.15) is 6.42 Å². The first-order valence-corrected chi connectivity index (χ1v) is 7.41. The number of epoxide rings is 1. The van der Waals surface area contributed by atoms with E-state index in [9.17, 15) is 26.4 Å². The van der Waals surface area contributed by atoms with Crippen molar-refractivity contribution in [1.29, 1.82) is 0 Å². The van der Waals surface area contributed by atoms with E-state index in [0.717, 1.165) is 4.72 Å². The molecule has 10 heteroatoms. The predicted octanol–water partition coefficient (Wildman–Crippen LogP) is 0.623. The third-order valence-electron chi connectivity index (χ3n) is 2.77. The minimum Gasteiger partial charge on any atom is -0.371 e. The second-order valence-electron chi connectivity index (χ2n) is 4.49. The van der Waals surface area contributed by atoms with E-state index in [0.29, 0.717) is 13.2 Å². The number of amides is 1. The molecule has 0 bridgehead atoms. The van der Waals surface area contributed by atoms with Crippen molar-refractivity contribution in [2.75, 3.05) is 13.2 Å². The van der Waals surface area contributed by atoms with E-state index in [1.54, 1.807) is 6.08 Å². The van der Waals surface area contributed by atoms with Gasteiger partial charge < -0.3 is 9.47 Å². The summed E-state index contributed by atoms with van der Waals surface area (Å²) >= 11 is 0. The number of allylic oxidation sites excluding steroid dienone is 2. The number of nitrogens with one attached hydrogen (secondary N) is 1. The molecule has 1 aliphatic carbocycles. The van der Waals surface area contributed by atoms with Gasteiger partial charge in [-0.2, -0.15) is 21.6 Å². The highest BCUT2D eigenvalue weighted by molar-refractivity contribution is 7.90. The standard InChI is InChI=1S/C11H12F3NO5S/c12-11(13,14)21(17,18)15-10(16)7-2-1-3-8(4-7)19-5-9-6-20-9/h1-3,8-9H,4-6H2,(H,15,16). The van der Waals surface area contributed by atoms with Crippen LogP contribution in [0.25, 0.3) is 0 Å². The summed E-state index contributed by atoms with van der Waals surface area (Å²) in [5, 5.41) is 0. The highest BCUT2D eigenvalue weighted by atomic mass is 32.2. The van der Waals surface area contributed by atoms with Gasteiger partial charge in [0.1, 0.15) is 6.10 Å². The number of alkyl halides is 3. The van der Waals surface area contributed by atoms with Gasteiger partial charge in [-0.25, -0.2) is 4.72 Å². The van der Waals surface area contributed by atoms with Crippen molar-refractivity contribution < 1.29 is 35.9 Å². The zero-order chi connectivity index (χ0) is 15.7. The first kappa shape index (κ1) is 16.0. The molecule has 2 rings (SSSR count). The molecule has 0 aromatic rings. The van der Waals surface area contributed by atoms with Crippen molar-refractivity contribution in [3.05, 3.63) is 23.8 Å². The third-order valence-corrected chi connectivity index (χ3v) is 3.83. The number of hydrogen-bond donors (Lipinski definition) is 1. The molecule has 0 aromatic carbocycles. The first-order chi connectivity index (χ1) is 9.69. The fraction of sp³-hybridized carbons (Fsp3) is 0.545. The molecule has 1 saturated heterocycles. The second-order valence-corrected chi connectivity index (χ2v) is 6.16. The van der Waals surface area contributed by atoms with E-state index in [1.165, 1.54) is 12.2 Å². The minimum absolute atomic E-state index is 0.00666. The lowest BCUT2D eigenvalue weighted by atomic mass is 10.0. The predicted molar refractivity (Wildman–Crippen MR) is 64.4 cm³/mol. The van der Waals surface area contributed by atoms with Gasteiger partial charge in [-0.05, 0) is 0 Å². The molecular formula is C11H12F3NO5S. The Morgan fingerprint density at radius 2 is 2.14 bits per heavy atom. The summed E-state index contributed by atoms with van der Waals surface area (Å²) in [4.78, 5) is 11.6. The number of hydrogen-bond acceptors (Lipinski definition) is 5. The molecule has 6 nitrogen and oxygen atoms in total. The normalized spacial score (nSPS) is 25.4. The molecule has 1 heterocycles. The molecule has 2 aliphatic rings. The number of carbonyl (C=O) groups is 1. The van der Waals surface area contributed by atoms with Gasteiger partial charge in [-0.1, -0.05) is 18.2 Å². The molecule has 0 saturated carbocycles. The summed E-state index contributed by atoms with van der Waals surface area (Å²) in [5.74, 6) is -1.31. The van der Waals surface area contributed by atoms with E-state index >= 15 is 0 Å². The summed E-state index contributed by atoms with van der Waals surface area (Å²) < 4.78 is 69.6. The van der Waals surface area contributed by atoms with Gasteiger partial charge in [0.05, 0.1) is 19.3 Å². The molecule has 2 unspecified atom stereocenters. The Balaban J connectivity index is 1.93. The van der Waals surface area contributed by atoms with Gasteiger partial charge in [-0.3, -0.25) is 4.79 Å². The first-order valence-electron chi connectivity index (χ1n) is 5.93. The number of halogens is 3. The topological polar surface area (TPSA) is 85.0 Å². The Labute approximate surface area is 118 Å². The van der Waals surface area contributed by atoms with Crippen LogP contribution in [0.5, 0.6) is 0 Å². The zero-order valence-electron chi connectivity index (χ0n) is 10.6. The monoisotopic (exact) mass is 327 g/mol.